The average Bonchev–Trinajstić information content (AvgIpc) is 2.14. The number of nitrogens with two attached hydrogens (primary N) is 2. The van der Waals surface area contributed by atoms with Gasteiger partial charge in [-0.15, -0.1) is 0 Å². The van der Waals surface area contributed by atoms with Gasteiger partial charge in [0, 0.05) is 23.2 Å². The van der Waals surface area contributed by atoms with Crippen molar-refractivity contribution in [2.24, 2.45) is 11.5 Å². The number of amides is 1. The largest absolute Gasteiger partial charge is 0.383 e. The van der Waals surface area contributed by atoms with Gasteiger partial charge in [-0.05, 0) is 28.1 Å². The van der Waals surface area contributed by atoms with Gasteiger partial charge in [-0.25, -0.2) is 0 Å². The topological polar surface area (TPSA) is 81.1 Å². The predicted octanol–water partition coefficient (Wildman–Crippen LogP) is 0.919. The van der Waals surface area contributed by atoms with Gasteiger partial charge in [0.2, 0.25) is 0 Å². The molecule has 0 aliphatic carbocycles. The van der Waals surface area contributed by atoms with Crippen molar-refractivity contribution in [1.29, 1.82) is 0 Å². The van der Waals surface area contributed by atoms with E-state index < -0.39 is 5.91 Å². The molecule has 1 aromatic rings. The summed E-state index contributed by atoms with van der Waals surface area (Å²) in [6.45, 7) is 1.11. The molecule has 0 unspecified atom stereocenters. The zero-order valence-electron chi connectivity index (χ0n) is 7.59. The van der Waals surface area contributed by atoms with Crippen LogP contribution >= 0.6 is 15.9 Å². The van der Waals surface area contributed by atoms with E-state index in [0.29, 0.717) is 28.8 Å². The molecule has 0 aromatic heterocycles. The summed E-state index contributed by atoms with van der Waals surface area (Å²) in [6, 6.07) is 5.39. The van der Waals surface area contributed by atoms with E-state index in [0.717, 1.165) is 0 Å². The van der Waals surface area contributed by atoms with Crippen molar-refractivity contribution >= 4 is 27.5 Å². The summed E-state index contributed by atoms with van der Waals surface area (Å²) in [7, 11) is 0. The lowest BCUT2D eigenvalue weighted by molar-refractivity contribution is 0.100. The maximum Gasteiger partial charge on any atom is 0.251 e. The van der Waals surface area contributed by atoms with Crippen LogP contribution in [0.4, 0.5) is 5.69 Å². The lowest BCUT2D eigenvalue weighted by atomic mass is 10.1. The zero-order chi connectivity index (χ0) is 10.6. The first-order valence-corrected chi connectivity index (χ1v) is 4.98. The van der Waals surface area contributed by atoms with Crippen LogP contribution < -0.4 is 16.8 Å². The van der Waals surface area contributed by atoms with Gasteiger partial charge in [0.15, 0.2) is 0 Å². The molecule has 14 heavy (non-hydrogen) atoms. The molecule has 1 rings (SSSR count). The smallest absolute Gasteiger partial charge is 0.251 e. The normalized spacial score (nSPS) is 9.86. The number of nitrogens with one attached hydrogen (secondary N) is 1. The van der Waals surface area contributed by atoms with Crippen molar-refractivity contribution in [2.45, 2.75) is 0 Å². The van der Waals surface area contributed by atoms with Crippen LogP contribution in [-0.4, -0.2) is 19.0 Å². The third kappa shape index (κ3) is 2.46. The molecular formula is C9H12BrN3O. The Morgan fingerprint density at radius 3 is 2.79 bits per heavy atom. The molecule has 5 N–H and O–H groups in total. The second-order valence-corrected chi connectivity index (χ2v) is 3.60. The molecule has 0 spiro atoms. The third-order valence-electron chi connectivity index (χ3n) is 1.72. The number of halogens is 1. The zero-order valence-corrected chi connectivity index (χ0v) is 9.17. The number of carbonyl (C=O) groups excluding carboxylic acids is 1. The van der Waals surface area contributed by atoms with Crippen molar-refractivity contribution in [3.63, 3.8) is 0 Å². The molecule has 76 valence electrons. The first-order chi connectivity index (χ1) is 6.66. The monoisotopic (exact) mass is 257 g/mol. The summed E-state index contributed by atoms with van der Waals surface area (Å²) >= 11 is 3.27. The number of hydrogen-bond donors (Lipinski definition) is 3. The van der Waals surface area contributed by atoms with Crippen molar-refractivity contribution in [1.82, 2.24) is 0 Å². The van der Waals surface area contributed by atoms with Gasteiger partial charge >= 0.3 is 0 Å². The summed E-state index contributed by atoms with van der Waals surface area (Å²) < 4.78 is 0.687. The molecule has 1 amide bonds. The maximum absolute atomic E-state index is 11.1. The number of primary amides is 1. The molecule has 0 bridgehead atoms. The first-order valence-electron chi connectivity index (χ1n) is 4.19. The second kappa shape index (κ2) is 4.97. The van der Waals surface area contributed by atoms with Gasteiger partial charge in [0.1, 0.15) is 0 Å². The molecule has 0 saturated heterocycles. The van der Waals surface area contributed by atoms with E-state index in [9.17, 15) is 4.79 Å². The highest BCUT2D eigenvalue weighted by molar-refractivity contribution is 9.10. The minimum Gasteiger partial charge on any atom is -0.383 e. The lowest BCUT2D eigenvalue weighted by Crippen LogP contribution is -2.18. The summed E-state index contributed by atoms with van der Waals surface area (Å²) in [5, 5.41) is 3.03. The Balaban J connectivity index is 3.02. The van der Waals surface area contributed by atoms with Crippen LogP contribution in [0.5, 0.6) is 0 Å². The van der Waals surface area contributed by atoms with Crippen LogP contribution in [-0.2, 0) is 0 Å². The Hall–Kier alpha value is -1.07. The van der Waals surface area contributed by atoms with Crippen molar-refractivity contribution in [3.05, 3.63) is 28.2 Å². The number of benzene rings is 1. The quantitative estimate of drug-likeness (QED) is 0.751. The summed E-state index contributed by atoms with van der Waals surface area (Å²) in [4.78, 5) is 11.1. The van der Waals surface area contributed by atoms with Crippen LogP contribution in [0.25, 0.3) is 0 Å². The van der Waals surface area contributed by atoms with Crippen molar-refractivity contribution < 1.29 is 4.79 Å². The number of anilines is 1. The maximum atomic E-state index is 11.1. The minimum atomic E-state index is -0.461. The molecule has 0 saturated carbocycles. The predicted molar refractivity (Wildman–Crippen MR) is 60.2 cm³/mol. The Kier molecular flexibility index (Phi) is 3.91. The van der Waals surface area contributed by atoms with E-state index in [1.165, 1.54) is 0 Å². The van der Waals surface area contributed by atoms with Gasteiger partial charge in [0.25, 0.3) is 5.91 Å². The Bertz CT molecular complexity index is 341. The van der Waals surface area contributed by atoms with Gasteiger partial charge in [-0.3, -0.25) is 4.79 Å². The molecule has 0 aliphatic heterocycles. The van der Waals surface area contributed by atoms with Gasteiger partial charge in [0.05, 0.1) is 5.56 Å². The van der Waals surface area contributed by atoms with Crippen LogP contribution in [0.2, 0.25) is 0 Å². The highest BCUT2D eigenvalue weighted by Gasteiger charge is 2.10. The summed E-state index contributed by atoms with van der Waals surface area (Å²) in [5.74, 6) is -0.461. The third-order valence-corrected chi connectivity index (χ3v) is 2.38. The van der Waals surface area contributed by atoms with Gasteiger partial charge < -0.3 is 16.8 Å². The SMILES string of the molecule is NCCNc1cccc(Br)c1C(N)=O. The molecule has 5 heteroatoms. The number of hydrogen-bond acceptors (Lipinski definition) is 3. The molecule has 4 nitrogen and oxygen atoms in total. The lowest BCUT2D eigenvalue weighted by Gasteiger charge is -2.10. The highest BCUT2D eigenvalue weighted by Crippen LogP contribution is 2.23. The fourth-order valence-electron chi connectivity index (χ4n) is 1.13. The summed E-state index contributed by atoms with van der Waals surface area (Å²) in [5.41, 5.74) is 11.8. The van der Waals surface area contributed by atoms with Gasteiger partial charge in [-0.2, -0.15) is 0 Å². The molecular weight excluding hydrogens is 246 g/mol. The molecule has 0 radical (unpaired) electrons. The van der Waals surface area contributed by atoms with Crippen molar-refractivity contribution in [3.8, 4) is 0 Å². The van der Waals surface area contributed by atoms with E-state index in [1.54, 1.807) is 12.1 Å². The van der Waals surface area contributed by atoms with E-state index in [1.807, 2.05) is 6.07 Å². The van der Waals surface area contributed by atoms with Crippen molar-refractivity contribution in [2.75, 3.05) is 18.4 Å². The second-order valence-electron chi connectivity index (χ2n) is 2.74. The summed E-state index contributed by atoms with van der Waals surface area (Å²) in [6.07, 6.45) is 0. The van der Waals surface area contributed by atoms with E-state index in [2.05, 4.69) is 21.2 Å². The van der Waals surface area contributed by atoms with E-state index in [-0.39, 0.29) is 0 Å². The molecule has 0 heterocycles. The molecule has 0 atom stereocenters. The molecule has 1 aromatic carbocycles. The standard InChI is InChI=1S/C9H12BrN3O/c10-6-2-1-3-7(13-5-4-11)8(6)9(12)14/h1-3,13H,4-5,11H2,(H2,12,14). The van der Waals surface area contributed by atoms with Gasteiger partial charge in [-0.1, -0.05) is 6.07 Å². The average molecular weight is 258 g/mol. The highest BCUT2D eigenvalue weighted by atomic mass is 79.9. The van der Waals surface area contributed by atoms with Crippen LogP contribution in [0.1, 0.15) is 10.4 Å². The van der Waals surface area contributed by atoms with Crippen LogP contribution in [0.3, 0.4) is 0 Å². The molecule has 0 fully saturated rings. The Labute approximate surface area is 90.8 Å². The fourth-order valence-corrected chi connectivity index (χ4v) is 1.69. The Morgan fingerprint density at radius 2 is 2.21 bits per heavy atom. The molecule has 0 aliphatic rings. The van der Waals surface area contributed by atoms with Crippen LogP contribution in [0, 0.1) is 0 Å². The number of rotatable bonds is 4. The van der Waals surface area contributed by atoms with E-state index in [4.69, 9.17) is 11.5 Å². The van der Waals surface area contributed by atoms with E-state index >= 15 is 0 Å². The van der Waals surface area contributed by atoms with Crippen LogP contribution in [0.15, 0.2) is 22.7 Å². The fraction of sp³-hybridized carbons (Fsp3) is 0.222. The number of carbonyl (C=O) groups is 1. The first kappa shape index (κ1) is 11.0. The Morgan fingerprint density at radius 1 is 1.50 bits per heavy atom. The minimum absolute atomic E-state index is 0.459.